The van der Waals surface area contributed by atoms with Gasteiger partial charge < -0.3 is 10.0 Å². The topological polar surface area (TPSA) is 104 Å². The fourth-order valence-corrected chi connectivity index (χ4v) is 3.64. The second-order valence-electron chi connectivity index (χ2n) is 5.04. The molecule has 0 aromatic carbocycles. The van der Waals surface area contributed by atoms with Gasteiger partial charge in [-0.25, -0.2) is 17.9 Å². The molecule has 1 saturated heterocycles. The lowest BCUT2D eigenvalue weighted by molar-refractivity contribution is -0.152. The fraction of sp³-hybridized carbons (Fsp3) is 0.833. The molecule has 8 heteroatoms. The van der Waals surface area contributed by atoms with Crippen LogP contribution in [0.4, 0.5) is 0 Å². The van der Waals surface area contributed by atoms with Crippen molar-refractivity contribution in [3.8, 4) is 0 Å². The fourth-order valence-electron chi connectivity index (χ4n) is 2.35. The molecule has 2 unspecified atom stereocenters. The number of carbonyl (C=O) groups is 2. The molecule has 1 aliphatic rings. The van der Waals surface area contributed by atoms with E-state index in [0.717, 1.165) is 12.8 Å². The second-order valence-corrected chi connectivity index (χ2v) is 6.91. The van der Waals surface area contributed by atoms with Gasteiger partial charge in [-0.15, -0.1) is 0 Å². The lowest BCUT2D eigenvalue weighted by Gasteiger charge is -2.34. The Balaban J connectivity index is 2.74. The van der Waals surface area contributed by atoms with Gasteiger partial charge in [-0.05, 0) is 32.6 Å². The Morgan fingerprint density at radius 1 is 1.40 bits per heavy atom. The van der Waals surface area contributed by atoms with Crippen molar-refractivity contribution in [1.29, 1.82) is 0 Å². The largest absolute Gasteiger partial charge is 0.480 e. The van der Waals surface area contributed by atoms with E-state index in [4.69, 9.17) is 5.11 Å². The molecule has 0 aliphatic carbocycles. The first-order valence-electron chi connectivity index (χ1n) is 6.81. The third-order valence-electron chi connectivity index (χ3n) is 3.27. The molecule has 116 valence electrons. The van der Waals surface area contributed by atoms with Gasteiger partial charge in [-0.2, -0.15) is 0 Å². The van der Waals surface area contributed by atoms with Crippen molar-refractivity contribution >= 4 is 21.9 Å². The quantitative estimate of drug-likeness (QED) is 0.728. The number of sulfonamides is 1. The number of nitrogens with zero attached hydrogens (tertiary/aromatic N) is 1. The number of carboxylic acids is 1. The van der Waals surface area contributed by atoms with Crippen LogP contribution in [0.25, 0.3) is 0 Å². The SMILES string of the molecule is CCCS(=O)(=O)NC(C)C(=O)N1CCCCC1C(=O)O. The summed E-state index contributed by atoms with van der Waals surface area (Å²) in [6.07, 6.45) is 2.37. The van der Waals surface area contributed by atoms with E-state index in [1.165, 1.54) is 11.8 Å². The van der Waals surface area contributed by atoms with Gasteiger partial charge in [-0.1, -0.05) is 6.92 Å². The van der Waals surface area contributed by atoms with Crippen molar-refractivity contribution in [2.24, 2.45) is 0 Å². The molecule has 1 rings (SSSR count). The molecule has 0 aromatic rings. The molecule has 0 saturated carbocycles. The van der Waals surface area contributed by atoms with E-state index in [2.05, 4.69) is 4.72 Å². The van der Waals surface area contributed by atoms with E-state index in [0.29, 0.717) is 19.4 Å². The molecule has 0 radical (unpaired) electrons. The molecule has 1 aliphatic heterocycles. The van der Waals surface area contributed by atoms with Crippen LogP contribution in [-0.4, -0.2) is 54.7 Å². The number of carboxylic acid groups (broad SMARTS) is 1. The highest BCUT2D eigenvalue weighted by Gasteiger charge is 2.34. The Labute approximate surface area is 119 Å². The first-order valence-corrected chi connectivity index (χ1v) is 8.47. The summed E-state index contributed by atoms with van der Waals surface area (Å²) >= 11 is 0. The van der Waals surface area contributed by atoms with Crippen molar-refractivity contribution in [3.05, 3.63) is 0 Å². The lowest BCUT2D eigenvalue weighted by Crippen LogP contribution is -2.54. The first-order chi connectivity index (χ1) is 9.28. The van der Waals surface area contributed by atoms with Crippen LogP contribution in [0.2, 0.25) is 0 Å². The van der Waals surface area contributed by atoms with Crippen molar-refractivity contribution < 1.29 is 23.1 Å². The van der Waals surface area contributed by atoms with Gasteiger partial charge in [0.15, 0.2) is 0 Å². The van der Waals surface area contributed by atoms with E-state index in [1.54, 1.807) is 6.92 Å². The van der Waals surface area contributed by atoms with Gasteiger partial charge in [0.1, 0.15) is 6.04 Å². The summed E-state index contributed by atoms with van der Waals surface area (Å²) in [5.74, 6) is -1.56. The summed E-state index contributed by atoms with van der Waals surface area (Å²) in [5, 5.41) is 9.12. The predicted octanol–water partition coefficient (Wildman–Crippen LogP) is 0.170. The molecule has 7 nitrogen and oxygen atoms in total. The Kier molecular flexibility index (Phi) is 5.94. The Bertz CT molecular complexity index is 462. The zero-order valence-electron chi connectivity index (χ0n) is 11.8. The molecular weight excluding hydrogens is 284 g/mol. The van der Waals surface area contributed by atoms with Crippen LogP contribution in [0.3, 0.4) is 0 Å². The number of likely N-dealkylation sites (tertiary alicyclic amines) is 1. The number of rotatable bonds is 6. The Morgan fingerprint density at radius 3 is 2.60 bits per heavy atom. The van der Waals surface area contributed by atoms with Crippen LogP contribution in [0, 0.1) is 0 Å². The zero-order chi connectivity index (χ0) is 15.3. The number of nitrogens with one attached hydrogen (secondary N) is 1. The predicted molar refractivity (Wildman–Crippen MR) is 73.7 cm³/mol. The Morgan fingerprint density at radius 2 is 2.05 bits per heavy atom. The van der Waals surface area contributed by atoms with E-state index in [9.17, 15) is 18.0 Å². The number of hydrogen-bond acceptors (Lipinski definition) is 4. The van der Waals surface area contributed by atoms with E-state index in [1.807, 2.05) is 0 Å². The number of amides is 1. The van der Waals surface area contributed by atoms with Crippen LogP contribution in [-0.2, 0) is 19.6 Å². The maximum atomic E-state index is 12.2. The highest BCUT2D eigenvalue weighted by atomic mass is 32.2. The number of hydrogen-bond donors (Lipinski definition) is 2. The standard InChI is InChI=1S/C12H22N2O5S/c1-3-8-20(18,19)13-9(2)11(15)14-7-5-4-6-10(14)12(16)17/h9-10,13H,3-8H2,1-2H3,(H,16,17). The minimum Gasteiger partial charge on any atom is -0.480 e. The van der Waals surface area contributed by atoms with Gasteiger partial charge >= 0.3 is 5.97 Å². The molecule has 0 spiro atoms. The smallest absolute Gasteiger partial charge is 0.326 e. The molecule has 0 aromatic heterocycles. The maximum absolute atomic E-state index is 12.2. The average molecular weight is 306 g/mol. The summed E-state index contributed by atoms with van der Waals surface area (Å²) in [4.78, 5) is 24.6. The third-order valence-corrected chi connectivity index (χ3v) is 4.93. The van der Waals surface area contributed by atoms with Gasteiger partial charge in [-0.3, -0.25) is 4.79 Å². The number of aliphatic carboxylic acids is 1. The minimum absolute atomic E-state index is 0.0486. The monoisotopic (exact) mass is 306 g/mol. The molecular formula is C12H22N2O5S. The van der Waals surface area contributed by atoms with Crippen LogP contribution < -0.4 is 4.72 Å². The average Bonchev–Trinajstić information content (AvgIpc) is 2.37. The molecule has 1 fully saturated rings. The lowest BCUT2D eigenvalue weighted by atomic mass is 10.0. The van der Waals surface area contributed by atoms with Crippen LogP contribution in [0.5, 0.6) is 0 Å². The van der Waals surface area contributed by atoms with Crippen molar-refractivity contribution in [3.63, 3.8) is 0 Å². The van der Waals surface area contributed by atoms with Crippen LogP contribution in [0.15, 0.2) is 0 Å². The summed E-state index contributed by atoms with van der Waals surface area (Å²) in [6.45, 7) is 3.54. The molecule has 2 atom stereocenters. The van der Waals surface area contributed by atoms with Crippen LogP contribution >= 0.6 is 0 Å². The third kappa shape index (κ3) is 4.45. The molecule has 20 heavy (non-hydrogen) atoms. The molecule has 1 heterocycles. The number of carbonyl (C=O) groups excluding carboxylic acids is 1. The van der Waals surface area contributed by atoms with E-state index < -0.39 is 34.0 Å². The highest BCUT2D eigenvalue weighted by Crippen LogP contribution is 2.18. The zero-order valence-corrected chi connectivity index (χ0v) is 12.6. The molecule has 1 amide bonds. The van der Waals surface area contributed by atoms with Crippen LogP contribution in [0.1, 0.15) is 39.5 Å². The summed E-state index contributed by atoms with van der Waals surface area (Å²) in [7, 11) is -3.50. The first kappa shape index (κ1) is 16.9. The second kappa shape index (κ2) is 7.03. The normalized spacial score (nSPS) is 21.5. The van der Waals surface area contributed by atoms with Gasteiger partial charge in [0.2, 0.25) is 15.9 Å². The van der Waals surface area contributed by atoms with E-state index >= 15 is 0 Å². The minimum atomic E-state index is -3.50. The maximum Gasteiger partial charge on any atom is 0.326 e. The summed E-state index contributed by atoms with van der Waals surface area (Å²) < 4.78 is 25.6. The van der Waals surface area contributed by atoms with Gasteiger partial charge in [0.25, 0.3) is 0 Å². The van der Waals surface area contributed by atoms with Gasteiger partial charge in [0, 0.05) is 6.54 Å². The molecule has 2 N–H and O–H groups in total. The van der Waals surface area contributed by atoms with Crippen molar-refractivity contribution in [2.45, 2.75) is 51.6 Å². The number of piperidine rings is 1. The van der Waals surface area contributed by atoms with Crippen molar-refractivity contribution in [2.75, 3.05) is 12.3 Å². The summed E-state index contributed by atoms with van der Waals surface area (Å²) in [5.41, 5.74) is 0. The van der Waals surface area contributed by atoms with Gasteiger partial charge in [0.05, 0.1) is 11.8 Å². The highest BCUT2D eigenvalue weighted by molar-refractivity contribution is 7.89. The summed E-state index contributed by atoms with van der Waals surface area (Å²) in [6, 6.07) is -1.79. The Hall–Kier alpha value is -1.15. The molecule has 0 bridgehead atoms. The van der Waals surface area contributed by atoms with E-state index in [-0.39, 0.29) is 5.75 Å². The van der Waals surface area contributed by atoms with Crippen molar-refractivity contribution in [1.82, 2.24) is 9.62 Å².